The van der Waals surface area contributed by atoms with Gasteiger partial charge in [0.05, 0.1) is 26.1 Å². The molecule has 1 rings (SSSR count). The first-order valence-corrected chi connectivity index (χ1v) is 10.4. The van der Waals surface area contributed by atoms with E-state index in [-0.39, 0.29) is 19.6 Å². The van der Waals surface area contributed by atoms with E-state index in [9.17, 15) is 33.6 Å². The van der Waals surface area contributed by atoms with Crippen LogP contribution in [0.1, 0.15) is 52.4 Å². The maximum Gasteiger partial charge on any atom is 0.333 e. The minimum Gasteiger partial charge on any atom is -0.481 e. The number of hydrogen-bond donors (Lipinski definition) is 2. The fourth-order valence-electron chi connectivity index (χ4n) is 3.39. The lowest BCUT2D eigenvalue weighted by Crippen LogP contribution is -2.65. The van der Waals surface area contributed by atoms with Crippen molar-refractivity contribution in [3.63, 3.8) is 0 Å². The van der Waals surface area contributed by atoms with Crippen molar-refractivity contribution in [3.8, 4) is 0 Å². The van der Waals surface area contributed by atoms with Crippen LogP contribution in [0.3, 0.4) is 0 Å². The number of hydrogen-bond acceptors (Lipinski definition) is 9. The highest BCUT2D eigenvalue weighted by molar-refractivity contribution is 6.19. The first-order valence-electron chi connectivity index (χ1n) is 10.4. The zero-order valence-electron chi connectivity index (χ0n) is 18.5. The van der Waals surface area contributed by atoms with E-state index in [4.69, 9.17) is 19.7 Å². The van der Waals surface area contributed by atoms with Crippen molar-refractivity contribution >= 4 is 41.7 Å². The summed E-state index contributed by atoms with van der Waals surface area (Å²) in [6.07, 6.45) is -3.05. The van der Waals surface area contributed by atoms with Gasteiger partial charge in [0.1, 0.15) is 5.41 Å². The lowest BCUT2D eigenvalue weighted by Gasteiger charge is -2.44. The van der Waals surface area contributed by atoms with Gasteiger partial charge in [-0.05, 0) is 26.7 Å². The van der Waals surface area contributed by atoms with Crippen molar-refractivity contribution in [1.29, 1.82) is 0 Å². The molecule has 4 amide bonds. The van der Waals surface area contributed by atoms with E-state index in [1.807, 2.05) is 0 Å². The molecule has 0 aromatic heterocycles. The van der Waals surface area contributed by atoms with Crippen molar-refractivity contribution in [1.82, 2.24) is 9.80 Å². The maximum absolute atomic E-state index is 13.3. The number of aliphatic carboxylic acids is 2. The third-order valence-corrected chi connectivity index (χ3v) is 4.99. The number of nitrogens with zero attached hydrogens (tertiary/aromatic N) is 2. The number of rotatable bonds is 14. The van der Waals surface area contributed by atoms with Crippen LogP contribution in [0.25, 0.3) is 0 Å². The molecule has 1 atom stereocenters. The summed E-state index contributed by atoms with van der Waals surface area (Å²) in [4.78, 5) is 86.5. The van der Waals surface area contributed by atoms with E-state index in [0.29, 0.717) is 9.80 Å². The third-order valence-electron chi connectivity index (χ3n) is 4.99. The lowest BCUT2D eigenvalue weighted by molar-refractivity contribution is -0.161. The first kappa shape index (κ1) is 27.5. The van der Waals surface area contributed by atoms with Gasteiger partial charge < -0.3 is 19.7 Å². The molecular formula is C20H28N2O11. The highest BCUT2D eigenvalue weighted by Crippen LogP contribution is 2.39. The summed E-state index contributed by atoms with van der Waals surface area (Å²) in [5.41, 5.74) is -2.12. The summed E-state index contributed by atoms with van der Waals surface area (Å²) in [7, 11) is 0. The second kappa shape index (κ2) is 12.5. The molecule has 2 N–H and O–H groups in total. The Morgan fingerprint density at radius 1 is 0.727 bits per heavy atom. The van der Waals surface area contributed by atoms with Crippen LogP contribution in [0.4, 0.5) is 4.79 Å². The summed E-state index contributed by atoms with van der Waals surface area (Å²) in [5.74, 6) is -6.23. The molecule has 0 aliphatic carbocycles. The minimum atomic E-state index is -2.12. The Balaban J connectivity index is 3.38. The molecule has 13 nitrogen and oxygen atoms in total. The van der Waals surface area contributed by atoms with Crippen LogP contribution in [0.2, 0.25) is 0 Å². The topological polar surface area (TPSA) is 185 Å². The Kier molecular flexibility index (Phi) is 10.4. The van der Waals surface area contributed by atoms with Gasteiger partial charge in [0.15, 0.2) is 0 Å². The molecule has 0 bridgehead atoms. The van der Waals surface area contributed by atoms with E-state index < -0.39 is 92.3 Å². The Labute approximate surface area is 189 Å². The summed E-state index contributed by atoms with van der Waals surface area (Å²) in [5, 5.41) is 18.1. The minimum absolute atomic E-state index is 0.0394. The molecular weight excluding hydrogens is 444 g/mol. The smallest absolute Gasteiger partial charge is 0.333 e. The molecule has 33 heavy (non-hydrogen) atoms. The SMILES string of the molecule is CCOC(=O)CCN1C(=O)N(CCC(=O)O)C(=O)C(CCC(=O)O)(CCC(=O)OCC)C1=O. The number of barbiturate groups is 1. The zero-order chi connectivity index (χ0) is 25.2. The van der Waals surface area contributed by atoms with Gasteiger partial charge in [0, 0.05) is 25.9 Å². The van der Waals surface area contributed by atoms with Gasteiger partial charge in [-0.2, -0.15) is 0 Å². The number of carbonyl (C=O) groups is 7. The molecule has 0 spiro atoms. The van der Waals surface area contributed by atoms with E-state index in [1.54, 1.807) is 13.8 Å². The number of amides is 4. The number of urea groups is 1. The summed E-state index contributed by atoms with van der Waals surface area (Å²) < 4.78 is 9.60. The molecule has 1 aliphatic heterocycles. The molecule has 1 heterocycles. The molecule has 0 aromatic carbocycles. The van der Waals surface area contributed by atoms with Crippen molar-refractivity contribution in [3.05, 3.63) is 0 Å². The maximum atomic E-state index is 13.3. The number of carboxylic acid groups (broad SMARTS) is 2. The molecule has 1 fully saturated rings. The molecule has 0 aromatic rings. The standard InChI is InChI=1S/C20H28N2O11/c1-3-32-15(27)6-10-20(9-5-13(23)24)17(29)21(11-7-14(25)26)19(31)22(18(20)30)12-8-16(28)33-4-2/h3-12H2,1-2H3,(H,23,24)(H,25,26). The first-order chi connectivity index (χ1) is 15.5. The van der Waals surface area contributed by atoms with E-state index in [0.717, 1.165) is 0 Å². The Hall–Kier alpha value is -3.51. The van der Waals surface area contributed by atoms with E-state index >= 15 is 0 Å². The van der Waals surface area contributed by atoms with Gasteiger partial charge in [0.2, 0.25) is 11.8 Å². The van der Waals surface area contributed by atoms with Gasteiger partial charge in [-0.15, -0.1) is 0 Å². The molecule has 0 saturated carbocycles. The van der Waals surface area contributed by atoms with Crippen LogP contribution in [-0.2, 0) is 38.2 Å². The Bertz CT molecular complexity index is 810. The Morgan fingerprint density at radius 3 is 1.61 bits per heavy atom. The highest BCUT2D eigenvalue weighted by Gasteiger charge is 2.57. The van der Waals surface area contributed by atoms with Crippen LogP contribution < -0.4 is 0 Å². The molecule has 1 unspecified atom stereocenters. The van der Waals surface area contributed by atoms with Gasteiger partial charge >= 0.3 is 29.9 Å². The van der Waals surface area contributed by atoms with Gasteiger partial charge in [-0.1, -0.05) is 0 Å². The summed E-state index contributed by atoms with van der Waals surface area (Å²) >= 11 is 0. The monoisotopic (exact) mass is 472 g/mol. The molecule has 1 saturated heterocycles. The average Bonchev–Trinajstić information content (AvgIpc) is 2.73. The molecule has 0 radical (unpaired) electrons. The third kappa shape index (κ3) is 7.26. The fourth-order valence-corrected chi connectivity index (χ4v) is 3.39. The van der Waals surface area contributed by atoms with Gasteiger partial charge in [0.25, 0.3) is 0 Å². The highest BCUT2D eigenvalue weighted by atomic mass is 16.5. The van der Waals surface area contributed by atoms with Crippen LogP contribution in [0.5, 0.6) is 0 Å². The van der Waals surface area contributed by atoms with Crippen molar-refractivity contribution in [2.75, 3.05) is 26.3 Å². The van der Waals surface area contributed by atoms with Gasteiger partial charge in [-0.25, -0.2) is 4.79 Å². The van der Waals surface area contributed by atoms with E-state index in [2.05, 4.69) is 0 Å². The van der Waals surface area contributed by atoms with Crippen molar-refractivity contribution < 1.29 is 53.2 Å². The molecule has 184 valence electrons. The van der Waals surface area contributed by atoms with Crippen LogP contribution in [-0.4, -0.2) is 88.0 Å². The molecule has 1 aliphatic rings. The largest absolute Gasteiger partial charge is 0.481 e. The van der Waals surface area contributed by atoms with Crippen molar-refractivity contribution in [2.24, 2.45) is 5.41 Å². The summed E-state index contributed by atoms with van der Waals surface area (Å²) in [6, 6.07) is -1.13. The van der Waals surface area contributed by atoms with Crippen LogP contribution in [0, 0.1) is 5.41 Å². The van der Waals surface area contributed by atoms with Crippen LogP contribution in [0.15, 0.2) is 0 Å². The molecule has 13 heteroatoms. The van der Waals surface area contributed by atoms with Crippen LogP contribution >= 0.6 is 0 Å². The second-order valence-electron chi connectivity index (χ2n) is 7.18. The average molecular weight is 472 g/mol. The normalized spacial score (nSPS) is 18.3. The number of imide groups is 2. The number of ether oxygens (including phenoxy) is 2. The van der Waals surface area contributed by atoms with Crippen molar-refractivity contribution in [2.45, 2.75) is 52.4 Å². The number of carboxylic acids is 2. The second-order valence-corrected chi connectivity index (χ2v) is 7.18. The number of esters is 2. The fraction of sp³-hybridized carbons (Fsp3) is 0.650. The summed E-state index contributed by atoms with van der Waals surface area (Å²) in [6.45, 7) is 2.17. The van der Waals surface area contributed by atoms with E-state index in [1.165, 1.54) is 0 Å². The lowest BCUT2D eigenvalue weighted by atomic mass is 9.74. The quantitative estimate of drug-likeness (QED) is 0.263. The predicted octanol–water partition coefficient (Wildman–Crippen LogP) is 0.400. The predicted molar refractivity (Wildman–Crippen MR) is 107 cm³/mol. The van der Waals surface area contributed by atoms with Gasteiger partial charge in [-0.3, -0.25) is 38.6 Å². The zero-order valence-corrected chi connectivity index (χ0v) is 18.5. The Morgan fingerprint density at radius 2 is 1.15 bits per heavy atom. The number of carbonyl (C=O) groups excluding carboxylic acids is 5.